The standard InChI is InChI=1S/C14H10N4OS/c1-20-14-10(8-15)13(19)16-12-7-11(17-18(12)14)9-5-3-2-4-6-9/h2-7H,1H3,(H,16,19). The summed E-state index contributed by atoms with van der Waals surface area (Å²) in [6.45, 7) is 0. The highest BCUT2D eigenvalue weighted by molar-refractivity contribution is 7.98. The van der Waals surface area contributed by atoms with E-state index in [1.54, 1.807) is 10.6 Å². The van der Waals surface area contributed by atoms with Crippen molar-refractivity contribution in [3.05, 3.63) is 52.3 Å². The molecule has 0 spiro atoms. The number of thioether (sulfide) groups is 1. The Morgan fingerprint density at radius 3 is 2.75 bits per heavy atom. The Morgan fingerprint density at radius 1 is 1.35 bits per heavy atom. The van der Waals surface area contributed by atoms with Gasteiger partial charge in [-0.2, -0.15) is 10.4 Å². The van der Waals surface area contributed by atoms with Gasteiger partial charge in [0.15, 0.2) is 0 Å². The SMILES string of the molecule is CSc1c(C#N)c(=O)[nH]c2cc(-c3ccccc3)nn12. The van der Waals surface area contributed by atoms with Crippen molar-refractivity contribution >= 4 is 17.4 Å². The van der Waals surface area contributed by atoms with Crippen LogP contribution in [-0.4, -0.2) is 20.9 Å². The lowest BCUT2D eigenvalue weighted by atomic mass is 10.2. The van der Waals surface area contributed by atoms with E-state index in [9.17, 15) is 4.79 Å². The summed E-state index contributed by atoms with van der Waals surface area (Å²) < 4.78 is 1.60. The minimum absolute atomic E-state index is 0.0905. The van der Waals surface area contributed by atoms with Crippen LogP contribution in [0.25, 0.3) is 16.9 Å². The number of benzene rings is 1. The van der Waals surface area contributed by atoms with Crippen molar-refractivity contribution in [1.29, 1.82) is 5.26 Å². The third-order valence-corrected chi connectivity index (χ3v) is 3.72. The molecule has 20 heavy (non-hydrogen) atoms. The van der Waals surface area contributed by atoms with Gasteiger partial charge in [-0.3, -0.25) is 4.79 Å². The van der Waals surface area contributed by atoms with E-state index in [0.717, 1.165) is 11.3 Å². The van der Waals surface area contributed by atoms with Crippen LogP contribution in [0, 0.1) is 11.3 Å². The molecule has 1 N–H and O–H groups in total. The quantitative estimate of drug-likeness (QED) is 0.578. The normalized spacial score (nSPS) is 10.6. The monoisotopic (exact) mass is 282 g/mol. The maximum atomic E-state index is 11.9. The zero-order valence-electron chi connectivity index (χ0n) is 10.6. The van der Waals surface area contributed by atoms with Crippen LogP contribution in [0.3, 0.4) is 0 Å². The third kappa shape index (κ3) is 1.89. The van der Waals surface area contributed by atoms with Crippen molar-refractivity contribution in [2.24, 2.45) is 0 Å². The van der Waals surface area contributed by atoms with Crippen LogP contribution in [0.2, 0.25) is 0 Å². The van der Waals surface area contributed by atoms with Gasteiger partial charge in [0, 0.05) is 11.6 Å². The van der Waals surface area contributed by atoms with Crippen molar-refractivity contribution in [2.75, 3.05) is 6.26 Å². The van der Waals surface area contributed by atoms with Crippen LogP contribution >= 0.6 is 11.8 Å². The molecule has 6 heteroatoms. The summed E-state index contributed by atoms with van der Waals surface area (Å²) in [5.41, 5.74) is 2.00. The smallest absolute Gasteiger partial charge is 0.270 e. The van der Waals surface area contributed by atoms with E-state index in [2.05, 4.69) is 10.1 Å². The minimum Gasteiger partial charge on any atom is -0.306 e. The van der Waals surface area contributed by atoms with Gasteiger partial charge in [0.05, 0.1) is 5.69 Å². The molecule has 3 rings (SSSR count). The maximum absolute atomic E-state index is 11.9. The Kier molecular flexibility index (Phi) is 3.05. The van der Waals surface area contributed by atoms with Crippen LogP contribution in [-0.2, 0) is 0 Å². The highest BCUT2D eigenvalue weighted by Crippen LogP contribution is 2.22. The number of H-pyrrole nitrogens is 1. The zero-order chi connectivity index (χ0) is 14.1. The lowest BCUT2D eigenvalue weighted by Crippen LogP contribution is -2.15. The van der Waals surface area contributed by atoms with Gasteiger partial charge in [-0.25, -0.2) is 4.52 Å². The average Bonchev–Trinajstić information content (AvgIpc) is 2.90. The van der Waals surface area contributed by atoms with Gasteiger partial charge < -0.3 is 4.98 Å². The van der Waals surface area contributed by atoms with Gasteiger partial charge in [0.25, 0.3) is 5.56 Å². The molecule has 0 radical (unpaired) electrons. The fourth-order valence-corrected chi connectivity index (χ4v) is 2.70. The van der Waals surface area contributed by atoms with E-state index in [-0.39, 0.29) is 11.1 Å². The summed E-state index contributed by atoms with van der Waals surface area (Å²) in [6, 6.07) is 13.4. The molecule has 0 saturated heterocycles. The molecule has 0 bridgehead atoms. The second-order valence-electron chi connectivity index (χ2n) is 4.14. The second-order valence-corrected chi connectivity index (χ2v) is 4.94. The second kappa shape index (κ2) is 4.87. The average molecular weight is 282 g/mol. The lowest BCUT2D eigenvalue weighted by molar-refractivity contribution is 0.831. The van der Waals surface area contributed by atoms with Crippen LogP contribution in [0.5, 0.6) is 0 Å². The molecule has 2 heterocycles. The predicted octanol–water partition coefficient (Wildman–Crippen LogP) is 2.28. The summed E-state index contributed by atoms with van der Waals surface area (Å²) in [5.74, 6) is 0. The summed E-state index contributed by atoms with van der Waals surface area (Å²) in [7, 11) is 0. The largest absolute Gasteiger partial charge is 0.306 e. The molecule has 0 aliphatic heterocycles. The predicted molar refractivity (Wildman–Crippen MR) is 77.7 cm³/mol. The number of nitriles is 1. The molecular weight excluding hydrogens is 272 g/mol. The molecule has 0 aliphatic rings. The van der Waals surface area contributed by atoms with E-state index >= 15 is 0 Å². The number of aromatic nitrogens is 3. The van der Waals surface area contributed by atoms with Crippen LogP contribution in [0.1, 0.15) is 5.56 Å². The first-order valence-corrected chi connectivity index (χ1v) is 7.12. The number of hydrogen-bond acceptors (Lipinski definition) is 4. The number of hydrogen-bond donors (Lipinski definition) is 1. The number of nitrogens with zero attached hydrogens (tertiary/aromatic N) is 3. The van der Waals surface area contributed by atoms with Gasteiger partial charge in [0.2, 0.25) is 0 Å². The minimum atomic E-state index is -0.385. The molecule has 0 amide bonds. The summed E-state index contributed by atoms with van der Waals surface area (Å²) >= 11 is 1.33. The lowest BCUT2D eigenvalue weighted by Gasteiger charge is -2.02. The van der Waals surface area contributed by atoms with E-state index in [0.29, 0.717) is 10.7 Å². The Bertz CT molecular complexity index is 874. The highest BCUT2D eigenvalue weighted by Gasteiger charge is 2.14. The molecule has 3 aromatic rings. The first-order chi connectivity index (χ1) is 9.74. The molecule has 0 saturated carbocycles. The van der Waals surface area contributed by atoms with Gasteiger partial charge >= 0.3 is 0 Å². The first kappa shape index (κ1) is 12.5. The van der Waals surface area contributed by atoms with E-state index in [1.807, 2.05) is 42.7 Å². The Labute approximate surface area is 118 Å². The van der Waals surface area contributed by atoms with Gasteiger partial charge in [-0.1, -0.05) is 30.3 Å². The van der Waals surface area contributed by atoms with Crippen molar-refractivity contribution in [2.45, 2.75) is 5.03 Å². The van der Waals surface area contributed by atoms with Crippen molar-refractivity contribution in [3.8, 4) is 17.3 Å². The Balaban J connectivity index is 2.32. The summed E-state index contributed by atoms with van der Waals surface area (Å²) in [6.07, 6.45) is 1.82. The maximum Gasteiger partial charge on any atom is 0.270 e. The first-order valence-electron chi connectivity index (χ1n) is 5.90. The molecule has 0 aliphatic carbocycles. The number of rotatable bonds is 2. The Hall–Kier alpha value is -2.52. The molecule has 0 unspecified atom stereocenters. The molecule has 98 valence electrons. The summed E-state index contributed by atoms with van der Waals surface area (Å²) in [4.78, 5) is 14.5. The van der Waals surface area contributed by atoms with E-state index in [4.69, 9.17) is 5.26 Å². The van der Waals surface area contributed by atoms with Crippen molar-refractivity contribution < 1.29 is 0 Å². The van der Waals surface area contributed by atoms with Crippen LogP contribution in [0.4, 0.5) is 0 Å². The fraction of sp³-hybridized carbons (Fsp3) is 0.0714. The van der Waals surface area contributed by atoms with E-state index in [1.165, 1.54) is 11.8 Å². The molecular formula is C14H10N4OS. The van der Waals surface area contributed by atoms with Crippen LogP contribution < -0.4 is 5.56 Å². The topological polar surface area (TPSA) is 73.9 Å². The fourth-order valence-electron chi connectivity index (χ4n) is 2.04. The van der Waals surface area contributed by atoms with Crippen LogP contribution in [0.15, 0.2) is 46.2 Å². The molecule has 2 aromatic heterocycles. The number of nitrogens with one attached hydrogen (secondary N) is 1. The summed E-state index contributed by atoms with van der Waals surface area (Å²) in [5, 5.41) is 14.1. The van der Waals surface area contributed by atoms with Crippen molar-refractivity contribution in [3.63, 3.8) is 0 Å². The van der Waals surface area contributed by atoms with Crippen molar-refractivity contribution in [1.82, 2.24) is 14.6 Å². The molecule has 1 aromatic carbocycles. The molecule has 0 atom stereocenters. The zero-order valence-corrected chi connectivity index (χ0v) is 11.4. The Morgan fingerprint density at radius 2 is 2.10 bits per heavy atom. The van der Waals surface area contributed by atoms with Gasteiger partial charge in [-0.15, -0.1) is 11.8 Å². The number of aromatic amines is 1. The van der Waals surface area contributed by atoms with Gasteiger partial charge in [-0.05, 0) is 6.26 Å². The van der Waals surface area contributed by atoms with E-state index < -0.39 is 0 Å². The number of fused-ring (bicyclic) bond motifs is 1. The highest BCUT2D eigenvalue weighted by atomic mass is 32.2. The molecule has 5 nitrogen and oxygen atoms in total. The third-order valence-electron chi connectivity index (χ3n) is 2.96. The van der Waals surface area contributed by atoms with Gasteiger partial charge in [0.1, 0.15) is 22.3 Å². The molecule has 0 fully saturated rings.